The maximum absolute atomic E-state index is 12.9. The Balaban J connectivity index is 1.90. The number of halogens is 3. The van der Waals surface area contributed by atoms with Crippen molar-refractivity contribution < 1.29 is 18.0 Å². The lowest BCUT2D eigenvalue weighted by Crippen LogP contribution is -2.36. The van der Waals surface area contributed by atoms with Crippen molar-refractivity contribution in [2.45, 2.75) is 25.4 Å². The topological polar surface area (TPSA) is 20.3 Å². The number of hydrogen-bond acceptors (Lipinski definition) is 1. The number of rotatable bonds is 2. The van der Waals surface area contributed by atoms with E-state index in [1.165, 1.54) is 12.1 Å². The van der Waals surface area contributed by atoms with Crippen molar-refractivity contribution in [3.63, 3.8) is 0 Å². The summed E-state index contributed by atoms with van der Waals surface area (Å²) in [5.74, 6) is -0.270. The van der Waals surface area contributed by atoms with Crippen LogP contribution in [0.15, 0.2) is 60.7 Å². The second-order valence-electron chi connectivity index (χ2n) is 6.73. The van der Waals surface area contributed by atoms with Gasteiger partial charge in [0.05, 0.1) is 5.56 Å². The SMILES string of the molecule is CCN1C(=O)CC(c2ccc(C(F)(F)F)cc2)c2c1ccc1ccccc21. The largest absolute Gasteiger partial charge is 0.416 e. The summed E-state index contributed by atoms with van der Waals surface area (Å²) in [5.41, 5.74) is 1.90. The molecule has 0 fully saturated rings. The fraction of sp³-hybridized carbons (Fsp3) is 0.227. The highest BCUT2D eigenvalue weighted by Crippen LogP contribution is 2.44. The molecule has 1 atom stereocenters. The lowest BCUT2D eigenvalue weighted by atomic mass is 9.81. The minimum absolute atomic E-state index is 0.00909. The number of nitrogens with zero attached hydrogens (tertiary/aromatic N) is 1. The summed E-state index contributed by atoms with van der Waals surface area (Å²) < 4.78 is 38.7. The Morgan fingerprint density at radius 3 is 2.37 bits per heavy atom. The van der Waals surface area contributed by atoms with E-state index in [4.69, 9.17) is 0 Å². The molecule has 3 aromatic rings. The highest BCUT2D eigenvalue weighted by Gasteiger charge is 2.34. The molecule has 0 N–H and O–H groups in total. The number of anilines is 1. The summed E-state index contributed by atoms with van der Waals surface area (Å²) in [4.78, 5) is 14.4. The molecule has 0 saturated heterocycles. The number of alkyl halides is 3. The Morgan fingerprint density at radius 1 is 1.00 bits per heavy atom. The third-order valence-corrected chi connectivity index (χ3v) is 5.22. The molecule has 3 aromatic carbocycles. The van der Waals surface area contributed by atoms with Crippen LogP contribution in [0, 0.1) is 0 Å². The second-order valence-corrected chi connectivity index (χ2v) is 6.73. The number of amides is 1. The van der Waals surface area contributed by atoms with Gasteiger partial charge >= 0.3 is 6.18 Å². The highest BCUT2D eigenvalue weighted by atomic mass is 19.4. The standard InChI is InChI=1S/C22H18F3NO/c1-2-26-19-12-9-14-5-3-4-6-17(14)21(19)18(13-20(26)27)15-7-10-16(11-8-15)22(23,24)25/h3-12,18H,2,13H2,1H3. The molecule has 1 heterocycles. The minimum atomic E-state index is -4.37. The number of benzene rings is 3. The van der Waals surface area contributed by atoms with Crippen LogP contribution in [0.3, 0.4) is 0 Å². The molecule has 1 aliphatic rings. The van der Waals surface area contributed by atoms with Gasteiger partial charge in [0.15, 0.2) is 0 Å². The van der Waals surface area contributed by atoms with Crippen molar-refractivity contribution in [3.05, 3.63) is 77.4 Å². The van der Waals surface area contributed by atoms with Gasteiger partial charge in [-0.05, 0) is 47.0 Å². The molecule has 2 nitrogen and oxygen atoms in total. The van der Waals surface area contributed by atoms with Gasteiger partial charge in [-0.1, -0.05) is 42.5 Å². The lowest BCUT2D eigenvalue weighted by Gasteiger charge is -2.35. The molecule has 0 bridgehead atoms. The van der Waals surface area contributed by atoms with E-state index in [-0.39, 0.29) is 18.2 Å². The average molecular weight is 369 g/mol. The van der Waals surface area contributed by atoms with Gasteiger partial charge in [0, 0.05) is 24.6 Å². The number of carbonyl (C=O) groups excluding carboxylic acids is 1. The Hall–Kier alpha value is -2.82. The van der Waals surface area contributed by atoms with Gasteiger partial charge in [0.25, 0.3) is 0 Å². The normalized spacial score (nSPS) is 17.3. The number of carbonyl (C=O) groups is 1. The van der Waals surface area contributed by atoms with Gasteiger partial charge in [-0.25, -0.2) is 0 Å². The Bertz CT molecular complexity index is 1010. The maximum Gasteiger partial charge on any atom is 0.416 e. The summed E-state index contributed by atoms with van der Waals surface area (Å²) >= 11 is 0. The Kier molecular flexibility index (Phi) is 4.17. The van der Waals surface area contributed by atoms with Gasteiger partial charge in [-0.2, -0.15) is 13.2 Å². The summed E-state index contributed by atoms with van der Waals surface area (Å²) in [6.45, 7) is 2.49. The quantitative estimate of drug-likeness (QED) is 0.563. The first-order valence-electron chi connectivity index (χ1n) is 8.89. The predicted molar refractivity (Wildman–Crippen MR) is 99.9 cm³/mol. The van der Waals surface area contributed by atoms with E-state index < -0.39 is 11.7 Å². The van der Waals surface area contributed by atoms with Crippen LogP contribution in [0.25, 0.3) is 10.8 Å². The van der Waals surface area contributed by atoms with Crippen LogP contribution >= 0.6 is 0 Å². The molecule has 27 heavy (non-hydrogen) atoms. The summed E-state index contributed by atoms with van der Waals surface area (Å²) in [7, 11) is 0. The molecule has 0 radical (unpaired) electrons. The molecule has 0 spiro atoms. The molecular formula is C22H18F3NO. The smallest absolute Gasteiger partial charge is 0.312 e. The number of fused-ring (bicyclic) bond motifs is 3. The van der Waals surface area contributed by atoms with Gasteiger partial charge in [0.1, 0.15) is 0 Å². The first kappa shape index (κ1) is 17.6. The first-order valence-corrected chi connectivity index (χ1v) is 8.89. The van der Waals surface area contributed by atoms with E-state index in [0.717, 1.165) is 39.7 Å². The molecule has 1 unspecified atom stereocenters. The second kappa shape index (κ2) is 6.41. The van der Waals surface area contributed by atoms with Crippen LogP contribution < -0.4 is 4.90 Å². The van der Waals surface area contributed by atoms with Crippen LogP contribution in [0.4, 0.5) is 18.9 Å². The van der Waals surface area contributed by atoms with Crippen molar-refractivity contribution in [2.24, 2.45) is 0 Å². The average Bonchev–Trinajstić information content (AvgIpc) is 2.66. The van der Waals surface area contributed by atoms with Crippen molar-refractivity contribution in [1.82, 2.24) is 0 Å². The molecule has 4 rings (SSSR count). The zero-order chi connectivity index (χ0) is 19.2. The molecular weight excluding hydrogens is 351 g/mol. The van der Waals surface area contributed by atoms with Crippen molar-refractivity contribution >= 4 is 22.4 Å². The van der Waals surface area contributed by atoms with E-state index in [2.05, 4.69) is 0 Å². The van der Waals surface area contributed by atoms with E-state index in [1.54, 1.807) is 4.90 Å². The Labute approximate surface area is 155 Å². The van der Waals surface area contributed by atoms with Crippen LogP contribution in [0.5, 0.6) is 0 Å². The summed E-state index contributed by atoms with van der Waals surface area (Å²) in [6.07, 6.45) is -4.12. The van der Waals surface area contributed by atoms with Crippen molar-refractivity contribution in [2.75, 3.05) is 11.4 Å². The van der Waals surface area contributed by atoms with Crippen molar-refractivity contribution in [1.29, 1.82) is 0 Å². The fourth-order valence-electron chi connectivity index (χ4n) is 3.94. The maximum atomic E-state index is 12.9. The zero-order valence-electron chi connectivity index (χ0n) is 14.8. The monoisotopic (exact) mass is 369 g/mol. The first-order chi connectivity index (χ1) is 12.9. The van der Waals surface area contributed by atoms with Crippen molar-refractivity contribution in [3.8, 4) is 0 Å². The van der Waals surface area contributed by atoms with Crippen LogP contribution in [-0.2, 0) is 11.0 Å². The molecule has 1 aliphatic heterocycles. The fourth-order valence-corrected chi connectivity index (χ4v) is 3.94. The molecule has 0 saturated carbocycles. The van der Waals surface area contributed by atoms with Gasteiger partial charge in [-0.15, -0.1) is 0 Å². The van der Waals surface area contributed by atoms with Crippen LogP contribution in [0.1, 0.15) is 36.0 Å². The minimum Gasteiger partial charge on any atom is -0.312 e. The third kappa shape index (κ3) is 2.97. The van der Waals surface area contributed by atoms with E-state index in [1.807, 2.05) is 43.3 Å². The molecule has 5 heteroatoms. The van der Waals surface area contributed by atoms with Crippen LogP contribution in [0.2, 0.25) is 0 Å². The number of hydrogen-bond donors (Lipinski definition) is 0. The Morgan fingerprint density at radius 2 is 1.70 bits per heavy atom. The van der Waals surface area contributed by atoms with Gasteiger partial charge in [-0.3, -0.25) is 4.79 Å². The molecule has 0 aliphatic carbocycles. The lowest BCUT2D eigenvalue weighted by molar-refractivity contribution is -0.137. The van der Waals surface area contributed by atoms with Gasteiger partial charge < -0.3 is 4.90 Å². The van der Waals surface area contributed by atoms with E-state index in [0.29, 0.717) is 6.54 Å². The van der Waals surface area contributed by atoms with Crippen LogP contribution in [-0.4, -0.2) is 12.5 Å². The third-order valence-electron chi connectivity index (χ3n) is 5.22. The molecule has 0 aromatic heterocycles. The predicted octanol–water partition coefficient (Wildman–Crippen LogP) is 5.75. The molecule has 138 valence electrons. The van der Waals surface area contributed by atoms with E-state index in [9.17, 15) is 18.0 Å². The summed E-state index contributed by atoms with van der Waals surface area (Å²) in [5, 5.41) is 2.09. The molecule has 1 amide bonds. The highest BCUT2D eigenvalue weighted by molar-refractivity contribution is 6.03. The van der Waals surface area contributed by atoms with E-state index >= 15 is 0 Å². The zero-order valence-corrected chi connectivity index (χ0v) is 14.8. The summed E-state index contributed by atoms with van der Waals surface area (Å²) in [6, 6.07) is 17.0. The van der Waals surface area contributed by atoms with Gasteiger partial charge in [0.2, 0.25) is 5.91 Å².